The number of hydrogen-bond acceptors (Lipinski definition) is 4. The third-order valence-corrected chi connectivity index (χ3v) is 3.25. The fourth-order valence-corrected chi connectivity index (χ4v) is 2.31. The fraction of sp³-hybridized carbons (Fsp3) is 0.333. The van der Waals surface area contributed by atoms with Crippen LogP contribution in [0.4, 0.5) is 5.69 Å². The monoisotopic (exact) mass is 255 g/mol. The molecule has 0 aliphatic carbocycles. The van der Waals surface area contributed by atoms with E-state index in [0.29, 0.717) is 5.56 Å². The maximum atomic E-state index is 8.92. The molecule has 0 fully saturated rings. The van der Waals surface area contributed by atoms with Crippen molar-refractivity contribution in [1.82, 2.24) is 5.16 Å². The van der Waals surface area contributed by atoms with E-state index < -0.39 is 0 Å². The first-order chi connectivity index (χ1) is 9.02. The van der Waals surface area contributed by atoms with Gasteiger partial charge in [0.1, 0.15) is 5.76 Å². The minimum absolute atomic E-state index is 0.110. The van der Waals surface area contributed by atoms with Crippen LogP contribution in [0.15, 0.2) is 22.7 Å². The van der Waals surface area contributed by atoms with Gasteiger partial charge in [0.15, 0.2) is 0 Å². The molecule has 1 N–H and O–H groups in total. The summed E-state index contributed by atoms with van der Waals surface area (Å²) in [5.74, 6) is 0.836. The van der Waals surface area contributed by atoms with Gasteiger partial charge in [-0.15, -0.1) is 0 Å². The highest BCUT2D eigenvalue weighted by molar-refractivity contribution is 5.53. The van der Waals surface area contributed by atoms with Gasteiger partial charge in [0.25, 0.3) is 0 Å². The highest BCUT2D eigenvalue weighted by atomic mass is 16.5. The van der Waals surface area contributed by atoms with Crippen LogP contribution in [0.25, 0.3) is 0 Å². The van der Waals surface area contributed by atoms with Crippen LogP contribution in [-0.4, -0.2) is 5.16 Å². The van der Waals surface area contributed by atoms with Crippen LogP contribution in [0, 0.1) is 32.1 Å². The standard InChI is InChI=1S/C15H17N3O/c1-9-7-14(6-5-13(9)8-16)17-10(2)15-11(3)18-19-12(15)4/h5-7,10,17H,1-4H3. The summed E-state index contributed by atoms with van der Waals surface area (Å²) in [6.45, 7) is 7.86. The summed E-state index contributed by atoms with van der Waals surface area (Å²) in [7, 11) is 0. The fourth-order valence-electron chi connectivity index (χ4n) is 2.31. The number of nitrogens with zero attached hydrogens (tertiary/aromatic N) is 2. The zero-order chi connectivity index (χ0) is 14.0. The summed E-state index contributed by atoms with van der Waals surface area (Å²) < 4.78 is 5.18. The molecule has 19 heavy (non-hydrogen) atoms. The van der Waals surface area contributed by atoms with E-state index in [9.17, 15) is 0 Å². The highest BCUT2D eigenvalue weighted by Gasteiger charge is 2.16. The number of nitrogens with one attached hydrogen (secondary N) is 1. The van der Waals surface area contributed by atoms with Crippen LogP contribution in [-0.2, 0) is 0 Å². The van der Waals surface area contributed by atoms with E-state index >= 15 is 0 Å². The smallest absolute Gasteiger partial charge is 0.139 e. The van der Waals surface area contributed by atoms with E-state index in [1.165, 1.54) is 0 Å². The number of hydrogen-bond donors (Lipinski definition) is 1. The highest BCUT2D eigenvalue weighted by Crippen LogP contribution is 2.25. The minimum atomic E-state index is 0.110. The Bertz CT molecular complexity index is 618. The van der Waals surface area contributed by atoms with Gasteiger partial charge in [-0.3, -0.25) is 0 Å². The van der Waals surface area contributed by atoms with Crippen molar-refractivity contribution < 1.29 is 4.52 Å². The van der Waals surface area contributed by atoms with Gasteiger partial charge in [-0.25, -0.2) is 0 Å². The molecule has 1 aromatic carbocycles. The van der Waals surface area contributed by atoms with Crippen molar-refractivity contribution in [2.45, 2.75) is 33.7 Å². The van der Waals surface area contributed by atoms with Crippen molar-refractivity contribution >= 4 is 5.69 Å². The summed E-state index contributed by atoms with van der Waals surface area (Å²) in [5, 5.41) is 16.3. The molecule has 1 atom stereocenters. The molecule has 98 valence electrons. The topological polar surface area (TPSA) is 61.9 Å². The quantitative estimate of drug-likeness (QED) is 0.909. The van der Waals surface area contributed by atoms with Crippen LogP contribution in [0.1, 0.15) is 41.1 Å². The maximum absolute atomic E-state index is 8.92. The summed E-state index contributed by atoms with van der Waals surface area (Å²) >= 11 is 0. The molecule has 4 heteroatoms. The number of rotatable bonds is 3. The molecule has 0 saturated heterocycles. The van der Waals surface area contributed by atoms with Crippen molar-refractivity contribution in [3.8, 4) is 6.07 Å². The van der Waals surface area contributed by atoms with E-state index in [4.69, 9.17) is 9.78 Å². The molecule has 0 bridgehead atoms. The van der Waals surface area contributed by atoms with Gasteiger partial charge in [-0.05, 0) is 51.5 Å². The van der Waals surface area contributed by atoms with E-state index in [2.05, 4.69) is 23.5 Å². The lowest BCUT2D eigenvalue weighted by Crippen LogP contribution is -2.08. The van der Waals surface area contributed by atoms with Crippen LogP contribution in [0.2, 0.25) is 0 Å². The van der Waals surface area contributed by atoms with Crippen molar-refractivity contribution in [1.29, 1.82) is 5.26 Å². The van der Waals surface area contributed by atoms with Gasteiger partial charge in [-0.1, -0.05) is 5.16 Å². The molecule has 2 aromatic rings. The molecule has 0 aliphatic rings. The third kappa shape index (κ3) is 2.60. The second kappa shape index (κ2) is 5.15. The van der Waals surface area contributed by atoms with Crippen molar-refractivity contribution in [2.24, 2.45) is 0 Å². The van der Waals surface area contributed by atoms with E-state index in [-0.39, 0.29) is 6.04 Å². The molecule has 0 amide bonds. The van der Waals surface area contributed by atoms with E-state index in [1.807, 2.05) is 39.0 Å². The molecule has 0 radical (unpaired) electrons. The minimum Gasteiger partial charge on any atom is -0.378 e. The Morgan fingerprint density at radius 1 is 1.32 bits per heavy atom. The number of nitriles is 1. The number of aromatic nitrogens is 1. The molecular weight excluding hydrogens is 238 g/mol. The first-order valence-electron chi connectivity index (χ1n) is 6.23. The molecule has 0 spiro atoms. The van der Waals surface area contributed by atoms with Crippen LogP contribution >= 0.6 is 0 Å². The number of anilines is 1. The van der Waals surface area contributed by atoms with Gasteiger partial charge in [0, 0.05) is 11.3 Å². The van der Waals surface area contributed by atoms with Crippen LogP contribution in [0.3, 0.4) is 0 Å². The van der Waals surface area contributed by atoms with Crippen LogP contribution < -0.4 is 5.32 Å². The Hall–Kier alpha value is -2.28. The first kappa shape index (κ1) is 13.2. The second-order valence-electron chi connectivity index (χ2n) is 4.75. The summed E-state index contributed by atoms with van der Waals surface area (Å²) in [4.78, 5) is 0. The Balaban J connectivity index is 2.22. The summed E-state index contributed by atoms with van der Waals surface area (Å²) in [5.41, 5.74) is 4.66. The lowest BCUT2D eigenvalue weighted by Gasteiger charge is -2.15. The zero-order valence-corrected chi connectivity index (χ0v) is 11.6. The van der Waals surface area contributed by atoms with Gasteiger partial charge >= 0.3 is 0 Å². The molecule has 0 saturated carbocycles. The molecular formula is C15H17N3O. The van der Waals surface area contributed by atoms with Crippen LogP contribution in [0.5, 0.6) is 0 Å². The molecule has 0 aliphatic heterocycles. The zero-order valence-electron chi connectivity index (χ0n) is 11.6. The van der Waals surface area contributed by atoms with E-state index in [1.54, 1.807) is 0 Å². The van der Waals surface area contributed by atoms with Gasteiger partial charge < -0.3 is 9.84 Å². The molecule has 1 unspecified atom stereocenters. The summed E-state index contributed by atoms with van der Waals surface area (Å²) in [6, 6.07) is 8.01. The third-order valence-electron chi connectivity index (χ3n) is 3.25. The Morgan fingerprint density at radius 3 is 2.58 bits per heavy atom. The molecule has 1 aromatic heterocycles. The number of benzene rings is 1. The Labute approximate surface area is 113 Å². The maximum Gasteiger partial charge on any atom is 0.139 e. The summed E-state index contributed by atoms with van der Waals surface area (Å²) in [6.07, 6.45) is 0. The number of aryl methyl sites for hydroxylation is 3. The average Bonchev–Trinajstić information content (AvgIpc) is 2.69. The lowest BCUT2D eigenvalue weighted by atomic mass is 10.1. The van der Waals surface area contributed by atoms with Crippen molar-refractivity contribution in [2.75, 3.05) is 5.32 Å². The SMILES string of the molecule is Cc1cc(NC(C)c2c(C)noc2C)ccc1C#N. The van der Waals surface area contributed by atoms with Gasteiger partial charge in [0.2, 0.25) is 0 Å². The largest absolute Gasteiger partial charge is 0.378 e. The first-order valence-corrected chi connectivity index (χ1v) is 6.23. The van der Waals surface area contributed by atoms with Gasteiger partial charge in [-0.2, -0.15) is 5.26 Å². The molecule has 2 rings (SSSR count). The van der Waals surface area contributed by atoms with Crippen molar-refractivity contribution in [3.05, 3.63) is 46.3 Å². The van der Waals surface area contributed by atoms with Gasteiger partial charge in [0.05, 0.1) is 23.4 Å². The normalized spacial score (nSPS) is 11.9. The Kier molecular flexibility index (Phi) is 3.57. The second-order valence-corrected chi connectivity index (χ2v) is 4.75. The molecule has 1 heterocycles. The predicted molar refractivity (Wildman–Crippen MR) is 73.9 cm³/mol. The van der Waals surface area contributed by atoms with E-state index in [0.717, 1.165) is 28.3 Å². The average molecular weight is 255 g/mol. The van der Waals surface area contributed by atoms with Crippen molar-refractivity contribution in [3.63, 3.8) is 0 Å². The predicted octanol–water partition coefficient (Wildman–Crippen LogP) is 3.64. The lowest BCUT2D eigenvalue weighted by molar-refractivity contribution is 0.392. The Morgan fingerprint density at radius 2 is 2.05 bits per heavy atom. The molecule has 4 nitrogen and oxygen atoms in total.